The van der Waals surface area contributed by atoms with Gasteiger partial charge < -0.3 is 10.2 Å². The number of nitrogens with zero attached hydrogens (tertiary/aromatic N) is 1. The standard InChI is InChI=1S/C15H19F3N2/c16-15(17,18)11-5-7-12(8-6-11)20-10-9-19-13-3-1-2-4-14(13)20/h5-8,13-14,19H,1-4,9-10H2/t13-,14+/m0/s1. The smallest absolute Gasteiger partial charge is 0.366 e. The van der Waals surface area contributed by atoms with Gasteiger partial charge in [0, 0.05) is 30.9 Å². The molecule has 2 aliphatic rings. The summed E-state index contributed by atoms with van der Waals surface area (Å²) >= 11 is 0. The fourth-order valence-corrected chi connectivity index (χ4v) is 3.42. The zero-order chi connectivity index (χ0) is 14.2. The molecule has 0 unspecified atom stereocenters. The lowest BCUT2D eigenvalue weighted by Crippen LogP contribution is -2.59. The Kier molecular flexibility index (Phi) is 3.63. The molecule has 1 aromatic rings. The van der Waals surface area contributed by atoms with Crippen LogP contribution >= 0.6 is 0 Å². The molecule has 2 fully saturated rings. The minimum absolute atomic E-state index is 0.425. The second-order valence-corrected chi connectivity index (χ2v) is 5.65. The lowest BCUT2D eigenvalue weighted by atomic mass is 9.87. The maximum Gasteiger partial charge on any atom is 0.416 e. The van der Waals surface area contributed by atoms with E-state index in [1.165, 1.54) is 31.4 Å². The fraction of sp³-hybridized carbons (Fsp3) is 0.600. The molecular weight excluding hydrogens is 265 g/mol. The van der Waals surface area contributed by atoms with Gasteiger partial charge in [0.25, 0.3) is 0 Å². The van der Waals surface area contributed by atoms with Crippen molar-refractivity contribution in [2.24, 2.45) is 0 Å². The zero-order valence-electron chi connectivity index (χ0n) is 11.3. The van der Waals surface area contributed by atoms with Crippen molar-refractivity contribution in [1.82, 2.24) is 5.32 Å². The number of hydrogen-bond acceptors (Lipinski definition) is 2. The van der Waals surface area contributed by atoms with Crippen LogP contribution in [-0.2, 0) is 6.18 Å². The number of benzene rings is 1. The van der Waals surface area contributed by atoms with Crippen LogP contribution in [0.3, 0.4) is 0 Å². The number of fused-ring (bicyclic) bond motifs is 1. The molecule has 0 aromatic heterocycles. The van der Waals surface area contributed by atoms with Crippen molar-refractivity contribution in [3.8, 4) is 0 Å². The third kappa shape index (κ3) is 2.64. The molecule has 2 nitrogen and oxygen atoms in total. The number of piperazine rings is 1. The summed E-state index contributed by atoms with van der Waals surface area (Å²) in [5.74, 6) is 0. The van der Waals surface area contributed by atoms with Gasteiger partial charge in [-0.15, -0.1) is 0 Å². The van der Waals surface area contributed by atoms with Crippen molar-refractivity contribution in [2.45, 2.75) is 43.9 Å². The lowest BCUT2D eigenvalue weighted by molar-refractivity contribution is -0.137. The zero-order valence-corrected chi connectivity index (χ0v) is 11.3. The highest BCUT2D eigenvalue weighted by Gasteiger charge is 2.34. The van der Waals surface area contributed by atoms with E-state index in [-0.39, 0.29) is 0 Å². The molecule has 2 atom stereocenters. The van der Waals surface area contributed by atoms with E-state index in [1.54, 1.807) is 12.1 Å². The highest BCUT2D eigenvalue weighted by molar-refractivity contribution is 5.50. The number of nitrogens with one attached hydrogen (secondary N) is 1. The summed E-state index contributed by atoms with van der Waals surface area (Å²) in [6.07, 6.45) is 0.491. The summed E-state index contributed by atoms with van der Waals surface area (Å²) in [5.41, 5.74) is 0.341. The van der Waals surface area contributed by atoms with E-state index in [1.807, 2.05) is 0 Å². The van der Waals surface area contributed by atoms with E-state index in [0.717, 1.165) is 25.2 Å². The summed E-state index contributed by atoms with van der Waals surface area (Å²) in [6, 6.07) is 6.51. The summed E-state index contributed by atoms with van der Waals surface area (Å²) in [7, 11) is 0. The Labute approximate surface area is 117 Å². The quantitative estimate of drug-likeness (QED) is 0.850. The highest BCUT2D eigenvalue weighted by Crippen LogP contribution is 2.33. The van der Waals surface area contributed by atoms with E-state index in [9.17, 15) is 13.2 Å². The van der Waals surface area contributed by atoms with Crippen molar-refractivity contribution in [1.29, 1.82) is 0 Å². The third-order valence-electron chi connectivity index (χ3n) is 4.42. The summed E-state index contributed by atoms with van der Waals surface area (Å²) in [4.78, 5) is 2.28. The van der Waals surface area contributed by atoms with Crippen LogP contribution in [0.1, 0.15) is 31.2 Å². The van der Waals surface area contributed by atoms with Gasteiger partial charge in [0.05, 0.1) is 5.56 Å². The molecule has 1 saturated carbocycles. The summed E-state index contributed by atoms with van der Waals surface area (Å²) in [6.45, 7) is 1.77. The molecule has 5 heteroatoms. The predicted molar refractivity (Wildman–Crippen MR) is 72.8 cm³/mol. The first-order valence-electron chi connectivity index (χ1n) is 7.23. The Morgan fingerprint density at radius 2 is 1.75 bits per heavy atom. The van der Waals surface area contributed by atoms with Crippen molar-refractivity contribution >= 4 is 5.69 Å². The molecule has 20 heavy (non-hydrogen) atoms. The summed E-state index contributed by atoms with van der Waals surface area (Å²) in [5, 5.41) is 3.53. The second-order valence-electron chi connectivity index (χ2n) is 5.65. The van der Waals surface area contributed by atoms with Gasteiger partial charge in [0.1, 0.15) is 0 Å². The van der Waals surface area contributed by atoms with E-state index < -0.39 is 11.7 Å². The fourth-order valence-electron chi connectivity index (χ4n) is 3.42. The molecule has 0 spiro atoms. The number of anilines is 1. The van der Waals surface area contributed by atoms with Crippen molar-refractivity contribution < 1.29 is 13.2 Å². The van der Waals surface area contributed by atoms with Gasteiger partial charge in [-0.25, -0.2) is 0 Å². The monoisotopic (exact) mass is 284 g/mol. The molecule has 3 rings (SSSR count). The van der Waals surface area contributed by atoms with Crippen molar-refractivity contribution in [3.05, 3.63) is 29.8 Å². The lowest BCUT2D eigenvalue weighted by Gasteiger charge is -2.46. The summed E-state index contributed by atoms with van der Waals surface area (Å²) < 4.78 is 37.8. The second kappa shape index (κ2) is 5.28. The largest absolute Gasteiger partial charge is 0.416 e. The molecule has 1 aliphatic carbocycles. The van der Waals surface area contributed by atoms with E-state index >= 15 is 0 Å². The van der Waals surface area contributed by atoms with Gasteiger partial charge in [0.15, 0.2) is 0 Å². The van der Waals surface area contributed by atoms with E-state index in [2.05, 4.69) is 10.2 Å². The van der Waals surface area contributed by atoms with Crippen LogP contribution in [-0.4, -0.2) is 25.2 Å². The molecule has 1 N–H and O–H groups in total. The van der Waals surface area contributed by atoms with Crippen LogP contribution in [0.2, 0.25) is 0 Å². The SMILES string of the molecule is FC(F)(F)c1ccc(N2CCN[C@H]3CCCC[C@H]32)cc1. The molecule has 0 bridgehead atoms. The highest BCUT2D eigenvalue weighted by atomic mass is 19.4. The average molecular weight is 284 g/mol. The Balaban J connectivity index is 1.80. The van der Waals surface area contributed by atoms with Crippen LogP contribution in [0, 0.1) is 0 Å². The maximum atomic E-state index is 12.6. The van der Waals surface area contributed by atoms with Gasteiger partial charge in [-0.2, -0.15) is 13.2 Å². The Bertz CT molecular complexity index is 453. The molecule has 1 heterocycles. The topological polar surface area (TPSA) is 15.3 Å². The van der Waals surface area contributed by atoms with Crippen LogP contribution in [0.25, 0.3) is 0 Å². The molecule has 1 aliphatic heterocycles. The molecular formula is C15H19F3N2. The minimum atomic E-state index is -4.25. The molecule has 1 saturated heterocycles. The first-order valence-corrected chi connectivity index (χ1v) is 7.23. The van der Waals surface area contributed by atoms with Gasteiger partial charge in [-0.05, 0) is 37.1 Å². The van der Waals surface area contributed by atoms with E-state index in [0.29, 0.717) is 12.1 Å². The number of hydrogen-bond donors (Lipinski definition) is 1. The molecule has 1 aromatic carbocycles. The number of alkyl halides is 3. The normalized spacial score (nSPS) is 27.2. The van der Waals surface area contributed by atoms with Crippen LogP contribution in [0.5, 0.6) is 0 Å². The Hall–Kier alpha value is -1.23. The van der Waals surface area contributed by atoms with Crippen LogP contribution < -0.4 is 10.2 Å². The number of halogens is 3. The first-order chi connectivity index (χ1) is 9.55. The Morgan fingerprint density at radius 1 is 1.05 bits per heavy atom. The van der Waals surface area contributed by atoms with E-state index in [4.69, 9.17) is 0 Å². The van der Waals surface area contributed by atoms with Gasteiger partial charge in [0.2, 0.25) is 0 Å². The van der Waals surface area contributed by atoms with Gasteiger partial charge in [-0.1, -0.05) is 12.8 Å². The molecule has 0 amide bonds. The van der Waals surface area contributed by atoms with Crippen molar-refractivity contribution in [2.75, 3.05) is 18.0 Å². The van der Waals surface area contributed by atoms with Crippen LogP contribution in [0.4, 0.5) is 18.9 Å². The molecule has 110 valence electrons. The Morgan fingerprint density at radius 3 is 2.45 bits per heavy atom. The third-order valence-corrected chi connectivity index (χ3v) is 4.42. The average Bonchev–Trinajstić information content (AvgIpc) is 2.46. The maximum absolute atomic E-state index is 12.6. The minimum Gasteiger partial charge on any atom is -0.366 e. The molecule has 0 radical (unpaired) electrons. The first kappa shape index (κ1) is 13.7. The predicted octanol–water partition coefficient (Wildman–Crippen LogP) is 3.43. The van der Waals surface area contributed by atoms with Gasteiger partial charge >= 0.3 is 6.18 Å². The van der Waals surface area contributed by atoms with Crippen molar-refractivity contribution in [3.63, 3.8) is 0 Å². The van der Waals surface area contributed by atoms with Crippen LogP contribution in [0.15, 0.2) is 24.3 Å². The number of rotatable bonds is 1. The van der Waals surface area contributed by atoms with Gasteiger partial charge in [-0.3, -0.25) is 0 Å².